The number of aromatic nitrogens is 22. The van der Waals surface area contributed by atoms with Crippen LogP contribution in [0.5, 0.6) is 0 Å². The molecule has 30 heteroatoms. The number of imidazole rings is 1. The molecule has 0 aliphatic heterocycles. The van der Waals surface area contributed by atoms with Crippen molar-refractivity contribution in [2.45, 2.75) is 6.92 Å². The van der Waals surface area contributed by atoms with Crippen LogP contribution in [0.15, 0.2) is 365 Å². The van der Waals surface area contributed by atoms with Crippen molar-refractivity contribution in [3.8, 4) is 0 Å². The minimum absolute atomic E-state index is 0.535. The Morgan fingerprint density at radius 3 is 1.02 bits per heavy atom. The van der Waals surface area contributed by atoms with Gasteiger partial charge in [0, 0.05) is 139 Å². The molecule has 127 heavy (non-hydrogen) atoms. The van der Waals surface area contributed by atoms with Crippen molar-refractivity contribution in [3.05, 3.63) is 453 Å². The van der Waals surface area contributed by atoms with Gasteiger partial charge in [-0.3, -0.25) is 29.9 Å². The first kappa shape index (κ1) is 92.6. The van der Waals surface area contributed by atoms with Crippen molar-refractivity contribution in [2.75, 3.05) is 0 Å². The van der Waals surface area contributed by atoms with Crippen LogP contribution in [-0.4, -0.2) is 109 Å². The van der Waals surface area contributed by atoms with Crippen LogP contribution in [0.3, 0.4) is 0 Å². The third-order valence-corrected chi connectivity index (χ3v) is 18.4. The molecule has 0 unspecified atom stereocenters. The zero-order chi connectivity index (χ0) is 87.8. The van der Waals surface area contributed by atoms with E-state index in [2.05, 4.69) is 200 Å². The third-order valence-electron chi connectivity index (χ3n) is 15.2. The summed E-state index contributed by atoms with van der Waals surface area (Å²) >= 11 is 6.77. The molecule has 0 radical (unpaired) electrons. The van der Waals surface area contributed by atoms with Gasteiger partial charge in [-0.05, 0) is 192 Å². The average Bonchev–Trinajstić information content (AvgIpc) is 1.07. The fourth-order valence-electron chi connectivity index (χ4n) is 9.30. The fourth-order valence-corrected chi connectivity index (χ4v) is 11.6. The molecular formula is C97H82N22O4S4. The minimum Gasteiger partial charge on any atom is -0.465 e. The molecule has 0 N–H and O–H groups in total. The summed E-state index contributed by atoms with van der Waals surface area (Å²) in [5.41, 5.74) is 6.37. The quantitative estimate of drug-likeness (QED) is 0.0679. The van der Waals surface area contributed by atoms with Gasteiger partial charge in [-0.25, -0.2) is 74.8 Å². The SMILES string of the molecule is C(=C\c1ccccc1)/c1ccccc1.C(=C\c1ccco1)/c1ccco1.C(=C\c1cccs1)/c1cccs1.C(=C\c1ccncc1)/c1ccncc1.C(=C\c1cnccn1)/c1cnccn1.C(=C\c1ncccn1)/c1ncccn1.C(=C\c1ncco1)/c1ncco1.C(=C\c1nccs1)/c1nccs1.C(=C\c1ncncn1)/c1ncncn1.C/C=C/c1nccn1C. The summed E-state index contributed by atoms with van der Waals surface area (Å²) < 4.78 is 22.1. The van der Waals surface area contributed by atoms with E-state index in [9.17, 15) is 0 Å². The Labute approximate surface area is 749 Å². The van der Waals surface area contributed by atoms with Gasteiger partial charge in [0.25, 0.3) is 0 Å². The number of pyridine rings is 2. The molecule has 26 nitrogen and oxygen atoms in total. The Hall–Kier alpha value is -16.7. The van der Waals surface area contributed by atoms with E-state index in [1.165, 1.54) is 58.7 Å². The molecule has 0 aliphatic carbocycles. The predicted molar refractivity (Wildman–Crippen MR) is 511 cm³/mol. The van der Waals surface area contributed by atoms with Crippen molar-refractivity contribution in [2.24, 2.45) is 7.05 Å². The highest BCUT2D eigenvalue weighted by Gasteiger charge is 1.98. The number of aryl methyl sites for hydroxylation is 1. The summed E-state index contributed by atoms with van der Waals surface area (Å²) in [6, 6.07) is 47.9. The molecule has 19 aromatic rings. The number of hydrogen-bond donors (Lipinski definition) is 0. The topological polar surface area (TPSA) is 328 Å². The van der Waals surface area contributed by atoms with E-state index in [-0.39, 0.29) is 0 Å². The van der Waals surface area contributed by atoms with Crippen molar-refractivity contribution >= 4 is 161 Å². The summed E-state index contributed by atoms with van der Waals surface area (Å²) in [4.78, 5) is 86.0. The highest BCUT2D eigenvalue weighted by atomic mass is 32.1. The average molecular weight is 1750 g/mol. The van der Waals surface area contributed by atoms with Crippen molar-refractivity contribution < 1.29 is 17.7 Å². The first-order valence-corrected chi connectivity index (χ1v) is 42.1. The predicted octanol–water partition coefficient (Wildman–Crippen LogP) is 22.7. The molecule has 0 amide bonds. The molecule has 0 saturated carbocycles. The van der Waals surface area contributed by atoms with Crippen molar-refractivity contribution in [1.82, 2.24) is 109 Å². The smallest absolute Gasteiger partial charge is 0.218 e. The number of furan rings is 2. The van der Waals surface area contributed by atoms with Gasteiger partial charge < -0.3 is 22.2 Å². The number of rotatable bonds is 19. The molecule has 0 fully saturated rings. The lowest BCUT2D eigenvalue weighted by Crippen LogP contribution is -1.89. The van der Waals surface area contributed by atoms with Crippen LogP contribution in [0.4, 0.5) is 0 Å². The number of oxazole rings is 2. The maximum absolute atomic E-state index is 5.10. The summed E-state index contributed by atoms with van der Waals surface area (Å²) in [5, 5.41) is 10.1. The second-order valence-electron chi connectivity index (χ2n) is 24.3. The van der Waals surface area contributed by atoms with Crippen LogP contribution in [0.25, 0.3) is 115 Å². The van der Waals surface area contributed by atoms with Gasteiger partial charge in [0.15, 0.2) is 23.3 Å². The number of thiazole rings is 2. The summed E-state index contributed by atoms with van der Waals surface area (Å²) in [6.45, 7) is 1.98. The Morgan fingerprint density at radius 2 is 0.685 bits per heavy atom. The van der Waals surface area contributed by atoms with Crippen LogP contribution in [0, 0.1) is 0 Å². The van der Waals surface area contributed by atoms with Gasteiger partial charge in [0.1, 0.15) is 65.2 Å². The number of allylic oxidation sites excluding steroid dienone is 1. The molecule has 628 valence electrons. The van der Waals surface area contributed by atoms with E-state index >= 15 is 0 Å². The maximum Gasteiger partial charge on any atom is 0.218 e. The molecule has 0 aliphatic rings. The molecular weight excluding hydrogens is 1670 g/mol. The third kappa shape index (κ3) is 40.1. The zero-order valence-electron chi connectivity index (χ0n) is 68.5. The van der Waals surface area contributed by atoms with E-state index in [1.807, 2.05) is 169 Å². The molecule has 17 aromatic heterocycles. The van der Waals surface area contributed by atoms with E-state index in [1.54, 1.807) is 224 Å². The Kier molecular flexibility index (Phi) is 42.5. The molecule has 19 rings (SSSR count). The molecule has 2 aromatic carbocycles. The lowest BCUT2D eigenvalue weighted by molar-refractivity contribution is 0.541. The van der Waals surface area contributed by atoms with Crippen LogP contribution in [0.2, 0.25) is 0 Å². The van der Waals surface area contributed by atoms with E-state index in [0.29, 0.717) is 35.1 Å². The van der Waals surface area contributed by atoms with Gasteiger partial charge in [-0.1, -0.05) is 103 Å². The van der Waals surface area contributed by atoms with Crippen LogP contribution < -0.4 is 0 Å². The van der Waals surface area contributed by atoms with E-state index in [4.69, 9.17) is 17.7 Å². The number of hydrogen-bond acceptors (Lipinski definition) is 29. The van der Waals surface area contributed by atoms with Gasteiger partial charge in [-0.15, -0.1) is 45.3 Å². The van der Waals surface area contributed by atoms with E-state index in [0.717, 1.165) is 49.9 Å². The highest BCUT2D eigenvalue weighted by Crippen LogP contribution is 2.18. The lowest BCUT2D eigenvalue weighted by Gasteiger charge is -1.92. The first-order valence-electron chi connectivity index (χ1n) is 38.5. The Bertz CT molecular complexity index is 5070. The summed E-state index contributed by atoms with van der Waals surface area (Å²) in [5.74, 6) is 6.16. The minimum atomic E-state index is 0.535. The summed E-state index contributed by atoms with van der Waals surface area (Å²) in [6.07, 6.45) is 84.6. The molecule has 0 bridgehead atoms. The maximum atomic E-state index is 5.10. The monoisotopic (exact) mass is 1750 g/mol. The van der Waals surface area contributed by atoms with Crippen LogP contribution >= 0.6 is 45.3 Å². The summed E-state index contributed by atoms with van der Waals surface area (Å²) in [7, 11) is 1.97. The van der Waals surface area contributed by atoms with Gasteiger partial charge in [0.05, 0.1) is 48.7 Å². The second kappa shape index (κ2) is 58.3. The zero-order valence-corrected chi connectivity index (χ0v) is 71.7. The lowest BCUT2D eigenvalue weighted by atomic mass is 10.1. The number of thiophene rings is 2. The van der Waals surface area contributed by atoms with E-state index < -0.39 is 0 Å². The molecule has 0 atom stereocenters. The largest absolute Gasteiger partial charge is 0.465 e. The highest BCUT2D eigenvalue weighted by molar-refractivity contribution is 7.12. The Balaban J connectivity index is 0.000000147. The molecule has 0 spiro atoms. The number of nitrogens with zero attached hydrogens (tertiary/aromatic N) is 22. The first-order chi connectivity index (χ1) is 62.9. The molecule has 0 saturated heterocycles. The van der Waals surface area contributed by atoms with Crippen LogP contribution in [0.1, 0.15) is 113 Å². The Morgan fingerprint density at radius 1 is 0.260 bits per heavy atom. The second-order valence-corrected chi connectivity index (χ2v) is 28.1. The van der Waals surface area contributed by atoms with Crippen molar-refractivity contribution in [3.63, 3.8) is 0 Å². The van der Waals surface area contributed by atoms with Gasteiger partial charge >= 0.3 is 0 Å². The van der Waals surface area contributed by atoms with Gasteiger partial charge in [0.2, 0.25) is 11.8 Å². The molecule has 17 heterocycles. The normalized spacial score (nSPS) is 10.8. The number of benzene rings is 2. The van der Waals surface area contributed by atoms with Crippen molar-refractivity contribution in [1.29, 1.82) is 0 Å². The van der Waals surface area contributed by atoms with Gasteiger partial charge in [-0.2, -0.15) is 0 Å². The van der Waals surface area contributed by atoms with Crippen LogP contribution in [-0.2, 0) is 7.05 Å². The standard InChI is InChI=1S/C14H12.C12H10N2.2C10H8N4.C10H8O2.C10H8S2.C8H6N6.C8H6N2O2.C8H6N2S2.C7H10N2/c1-3-7-13(8-4-1)11-12-14-9-5-2-6-10-14;1(11-3-7-13-8-4-11)2-12-5-9-14-10-6-12;1-5-11-9(12-6-1)3-4-10-13-7-2-8-14-10;1(9-7-11-3-5-13-9)2-10-8-12-4-6-14-10;2*1-3-9(11-7-1)5-6-10-4-2-8-12-10;1(7-11-3-9-4-12-7)2-8-13-5-10-6-14-8;2*1(7-9-3-5-11-7)2-8-10-4-6-12-8;1-3-4-7-8-5-6-9(7)2/h1-12H;1-10H;2*1-8H;2*1-8H;1-6H;2*1-6H;3-6H,1-2H3/b12-11+;2-1+;4-3+;2-1+;2*6-5+;3*2-1+;4-3+. The fraction of sp³-hybridized carbons (Fsp3) is 0.0206.